The highest BCUT2D eigenvalue weighted by Crippen LogP contribution is 2.80. The fourth-order valence-electron chi connectivity index (χ4n) is 17.1. The summed E-state index contributed by atoms with van der Waals surface area (Å²) in [6, 6.07) is 0. The van der Waals surface area contributed by atoms with Gasteiger partial charge in [-0.05, 0) is 93.3 Å². The fraction of sp³-hybridized carbons (Fsp3) is 0.962. The molecule has 0 amide bonds. The van der Waals surface area contributed by atoms with Gasteiger partial charge in [-0.2, -0.15) is 0 Å². The maximum atomic E-state index is 11.8. The van der Waals surface area contributed by atoms with Crippen molar-refractivity contribution in [2.24, 2.45) is 45.3 Å². The molecule has 10 fully saturated rings. The van der Waals surface area contributed by atoms with Crippen LogP contribution in [0.15, 0.2) is 11.6 Å². The summed E-state index contributed by atoms with van der Waals surface area (Å²) in [5, 5.41) is 128. The predicted octanol–water partition coefficient (Wildman–Crippen LogP) is -1.57. The lowest BCUT2D eigenvalue weighted by Crippen LogP contribution is -2.69. The summed E-state index contributed by atoms with van der Waals surface area (Å²) in [7, 11) is 0. The summed E-state index contributed by atoms with van der Waals surface area (Å²) in [4.78, 5) is 0. The van der Waals surface area contributed by atoms with Crippen LogP contribution in [0.4, 0.5) is 0 Å². The highest BCUT2D eigenvalue weighted by atomic mass is 16.8. The van der Waals surface area contributed by atoms with Crippen LogP contribution in [0.3, 0.4) is 0 Å². The van der Waals surface area contributed by atoms with Gasteiger partial charge in [-0.1, -0.05) is 39.3 Å². The minimum atomic E-state index is -1.89. The van der Waals surface area contributed by atoms with Crippen LogP contribution in [0, 0.1) is 45.3 Å². The highest BCUT2D eigenvalue weighted by Gasteiger charge is 2.81. The molecule has 424 valence electrons. The molecule has 0 aromatic rings. The lowest BCUT2D eigenvalue weighted by molar-refractivity contribution is -0.388. The lowest BCUT2D eigenvalue weighted by Gasteiger charge is -2.70. The molecule has 6 heterocycles. The van der Waals surface area contributed by atoms with E-state index in [1.54, 1.807) is 0 Å². The van der Waals surface area contributed by atoms with Crippen molar-refractivity contribution >= 4 is 0 Å². The molecule has 0 aromatic heterocycles. The Bertz CT molecular complexity index is 2030. The molecule has 0 radical (unpaired) electrons. The van der Waals surface area contributed by atoms with E-state index in [9.17, 15) is 61.3 Å². The van der Waals surface area contributed by atoms with Crippen molar-refractivity contribution in [2.45, 2.75) is 234 Å². The zero-order valence-corrected chi connectivity index (χ0v) is 43.6. The Balaban J connectivity index is 0.927. The van der Waals surface area contributed by atoms with Gasteiger partial charge in [-0.15, -0.1) is 0 Å². The van der Waals surface area contributed by atoms with Crippen LogP contribution in [-0.4, -0.2) is 229 Å². The van der Waals surface area contributed by atoms with Crippen molar-refractivity contribution in [1.29, 1.82) is 0 Å². The van der Waals surface area contributed by atoms with E-state index < -0.39 is 153 Å². The number of hydrogen-bond acceptors (Lipinski definition) is 22. The zero-order valence-electron chi connectivity index (χ0n) is 43.6. The van der Waals surface area contributed by atoms with Crippen molar-refractivity contribution in [2.75, 3.05) is 33.0 Å². The minimum absolute atomic E-state index is 0.0992. The van der Waals surface area contributed by atoms with E-state index in [1.807, 2.05) is 13.8 Å². The molecule has 10 aliphatic rings. The van der Waals surface area contributed by atoms with Crippen molar-refractivity contribution in [3.63, 3.8) is 0 Å². The van der Waals surface area contributed by atoms with Crippen molar-refractivity contribution < 1.29 is 109 Å². The zero-order chi connectivity index (χ0) is 53.4. The van der Waals surface area contributed by atoms with E-state index >= 15 is 0 Å². The second-order valence-electron chi connectivity index (χ2n) is 25.3. The van der Waals surface area contributed by atoms with Crippen molar-refractivity contribution in [1.82, 2.24) is 0 Å². The topological polar surface area (TPSA) is 335 Å². The van der Waals surface area contributed by atoms with E-state index in [0.29, 0.717) is 25.9 Å². The van der Waals surface area contributed by atoms with Crippen LogP contribution in [-0.2, 0) is 47.4 Å². The number of aliphatic hydroxyl groups excluding tert-OH is 12. The lowest BCUT2D eigenvalue weighted by atomic mass is 9.35. The summed E-state index contributed by atoms with van der Waals surface area (Å²) >= 11 is 0. The summed E-state index contributed by atoms with van der Waals surface area (Å²) in [5.74, 6) is -0.746. The summed E-state index contributed by atoms with van der Waals surface area (Å²) < 4.78 is 64.2. The number of aliphatic hydroxyl groups is 12. The third kappa shape index (κ3) is 8.66. The van der Waals surface area contributed by atoms with Crippen LogP contribution >= 0.6 is 0 Å². The standard InChI is InChI=1S/C52H84O22/c1-22(2)14-23-15-50(7,74-43-37(62)32(57)25(56)19-65-43)42-24-8-9-30-48(5)12-11-31(47(3,4)29(48)10-13-49(30,6)51(24)20-52(42,73-23)66-21-51)70-46-41(72-44-38(63)34(59)27(17-54)68-44)40(35(60)28(18-55)69-46)71-45-39(64)36(61)33(58)26(16-53)67-45/h14,23-46,53-64H,8-13,15-21H2,1-7H3/t23?,24-,25+,26-,27+,28-,29+,30-,31+,32+,33-,34+,35-,36+,37-,38-,39-,40+,41-,42+,43+,44+,45+,46+,48+,49-,50-,51+,52+/m1/s1. The predicted molar refractivity (Wildman–Crippen MR) is 251 cm³/mol. The van der Waals surface area contributed by atoms with Crippen LogP contribution < -0.4 is 0 Å². The third-order valence-electron chi connectivity index (χ3n) is 20.6. The highest BCUT2D eigenvalue weighted by molar-refractivity contribution is 5.27. The van der Waals surface area contributed by atoms with Crippen LogP contribution in [0.5, 0.6) is 0 Å². The molecule has 2 bridgehead atoms. The number of rotatable bonds is 12. The van der Waals surface area contributed by atoms with Gasteiger partial charge in [-0.3, -0.25) is 0 Å². The van der Waals surface area contributed by atoms with E-state index in [2.05, 4.69) is 40.7 Å². The molecule has 6 aliphatic heterocycles. The van der Waals surface area contributed by atoms with Gasteiger partial charge in [-0.25, -0.2) is 0 Å². The van der Waals surface area contributed by atoms with Crippen LogP contribution in [0.1, 0.15) is 99.8 Å². The van der Waals surface area contributed by atoms with E-state index in [1.165, 1.54) is 0 Å². The molecule has 1 unspecified atom stereocenters. The first kappa shape index (κ1) is 56.1. The third-order valence-corrected chi connectivity index (χ3v) is 20.6. The number of ether oxygens (including phenoxy) is 10. The molecule has 4 saturated carbocycles. The van der Waals surface area contributed by atoms with Gasteiger partial charge in [0.15, 0.2) is 30.9 Å². The Morgan fingerprint density at radius 3 is 1.85 bits per heavy atom. The molecular weight excluding hydrogens is 977 g/mol. The molecule has 22 nitrogen and oxygen atoms in total. The minimum Gasteiger partial charge on any atom is -0.394 e. The molecule has 12 N–H and O–H groups in total. The van der Waals surface area contributed by atoms with E-state index in [4.69, 9.17) is 47.4 Å². The Labute approximate surface area is 431 Å². The molecular formula is C52H84O22. The summed E-state index contributed by atoms with van der Waals surface area (Å²) in [6.45, 7) is 13.5. The largest absolute Gasteiger partial charge is 0.394 e. The Hall–Kier alpha value is -1.14. The summed E-state index contributed by atoms with van der Waals surface area (Å²) in [6.07, 6.45) is -20.6. The first-order chi connectivity index (χ1) is 34.8. The molecule has 22 heteroatoms. The fourth-order valence-corrected chi connectivity index (χ4v) is 17.1. The quantitative estimate of drug-likeness (QED) is 0.0776. The number of hydrogen-bond donors (Lipinski definition) is 12. The molecule has 10 rings (SSSR count). The van der Waals surface area contributed by atoms with Crippen LogP contribution in [0.25, 0.3) is 0 Å². The first-order valence-corrected chi connectivity index (χ1v) is 27.0. The summed E-state index contributed by atoms with van der Waals surface area (Å²) in [5.41, 5.74) is -1.11. The van der Waals surface area contributed by atoms with E-state index in [-0.39, 0.29) is 52.6 Å². The van der Waals surface area contributed by atoms with Gasteiger partial charge in [0.1, 0.15) is 85.5 Å². The van der Waals surface area contributed by atoms with Crippen LogP contribution in [0.2, 0.25) is 0 Å². The first-order valence-electron chi connectivity index (χ1n) is 27.0. The molecule has 2 spiro atoms. The molecule has 74 heavy (non-hydrogen) atoms. The van der Waals surface area contributed by atoms with Gasteiger partial charge in [0.2, 0.25) is 0 Å². The van der Waals surface area contributed by atoms with Gasteiger partial charge in [0, 0.05) is 24.2 Å². The smallest absolute Gasteiger partial charge is 0.187 e. The molecule has 4 aliphatic carbocycles. The Morgan fingerprint density at radius 1 is 0.608 bits per heavy atom. The average Bonchev–Trinajstić information content (AvgIpc) is 3.97. The average molecular weight is 1060 g/mol. The maximum absolute atomic E-state index is 11.8. The van der Waals surface area contributed by atoms with Crippen molar-refractivity contribution in [3.8, 4) is 0 Å². The molecule has 6 saturated heterocycles. The van der Waals surface area contributed by atoms with Crippen molar-refractivity contribution in [3.05, 3.63) is 11.6 Å². The maximum Gasteiger partial charge on any atom is 0.187 e. The molecule has 29 atom stereocenters. The monoisotopic (exact) mass is 1060 g/mol. The van der Waals surface area contributed by atoms with Gasteiger partial charge in [0.05, 0.1) is 50.8 Å². The SMILES string of the molecule is CC(C)=CC1C[C@@](C)(O[C@@H]2OC[C@H](O)[C@H](O)[C@H]2O)[C@@H]2[C@H]3CC[C@@H]4[C@@]5(C)CC[C@H](O[C@@H]6O[C@H](CO)[C@@H](O)[C@H](O[C@@H]7O[C@H](CO)[C@@H](O)[C@H](O)[C@H]7O)[C@H]6O[C@@H]6O[C@@H](CO)[C@H](O)[C@H]6O)C(C)(C)[C@@H]5CC[C@@]4(C)[C@@]34CO[C@@]2(C4)O1. The van der Waals surface area contributed by atoms with E-state index in [0.717, 1.165) is 37.7 Å². The van der Waals surface area contributed by atoms with Gasteiger partial charge >= 0.3 is 0 Å². The van der Waals surface area contributed by atoms with Gasteiger partial charge in [0.25, 0.3) is 0 Å². The number of fused-ring (bicyclic) bond motifs is 4. The second-order valence-corrected chi connectivity index (χ2v) is 25.3. The molecule has 0 aromatic carbocycles. The van der Waals surface area contributed by atoms with Gasteiger partial charge < -0.3 is 109 Å². The number of allylic oxidation sites excluding steroid dienone is 1. The Kier molecular flexibility index (Phi) is 15.3. The normalized spacial score (nSPS) is 56.7. The second kappa shape index (κ2) is 20.1. The Morgan fingerprint density at radius 2 is 1.20 bits per heavy atom.